The number of allylic oxidation sites excluding steroid dienone is 2. The predicted octanol–water partition coefficient (Wildman–Crippen LogP) is 2.98. The van der Waals surface area contributed by atoms with Crippen molar-refractivity contribution in [3.63, 3.8) is 0 Å². The van der Waals surface area contributed by atoms with Crippen LogP contribution in [-0.2, 0) is 6.42 Å². The second-order valence-electron chi connectivity index (χ2n) is 4.89. The van der Waals surface area contributed by atoms with Gasteiger partial charge in [-0.25, -0.2) is 5.06 Å². The second-order valence-corrected chi connectivity index (χ2v) is 4.89. The lowest BCUT2D eigenvalue weighted by Crippen LogP contribution is -2.36. The van der Waals surface area contributed by atoms with Gasteiger partial charge in [-0.2, -0.15) is 0 Å². The summed E-state index contributed by atoms with van der Waals surface area (Å²) in [5.41, 5.74) is 4.88. The van der Waals surface area contributed by atoms with Crippen molar-refractivity contribution in [3.05, 3.63) is 34.7 Å². The van der Waals surface area contributed by atoms with E-state index in [1.54, 1.807) is 6.20 Å². The van der Waals surface area contributed by atoms with Gasteiger partial charge in [0.15, 0.2) is 0 Å². The molecule has 0 aromatic carbocycles. The normalized spacial score (nSPS) is 15.7. The summed E-state index contributed by atoms with van der Waals surface area (Å²) >= 11 is 0. The number of amides is 1. The molecule has 0 saturated carbocycles. The van der Waals surface area contributed by atoms with E-state index in [0.29, 0.717) is 18.7 Å². The molecule has 0 spiro atoms. The van der Waals surface area contributed by atoms with Gasteiger partial charge in [-0.05, 0) is 49.0 Å². The molecule has 0 radical (unpaired) electrons. The molecule has 2 rings (SSSR count). The minimum absolute atomic E-state index is 0.340. The van der Waals surface area contributed by atoms with E-state index in [9.17, 15) is 10.0 Å². The number of rotatable bonds is 3. The molecule has 0 aliphatic carbocycles. The summed E-state index contributed by atoms with van der Waals surface area (Å²) < 4.78 is 0. The van der Waals surface area contributed by atoms with Crippen molar-refractivity contribution >= 4 is 11.5 Å². The molecule has 102 valence electrons. The lowest BCUT2D eigenvalue weighted by Gasteiger charge is -2.25. The van der Waals surface area contributed by atoms with Crippen molar-refractivity contribution < 1.29 is 10.0 Å². The Morgan fingerprint density at radius 3 is 2.95 bits per heavy atom. The standard InChI is InChI=1S/C15H20N2O2/c1-4-6-11(5-2)13-10(3)9-16-14-12(13)7-8-17(19)15(14)18/h5,9,19H,4,6-8H2,1-3H3/b11-5-. The van der Waals surface area contributed by atoms with Crippen LogP contribution in [0, 0.1) is 6.92 Å². The topological polar surface area (TPSA) is 53.4 Å². The van der Waals surface area contributed by atoms with Crippen LogP contribution >= 0.6 is 0 Å². The SMILES string of the molecule is C/C=C(/CCC)c1c(C)cnc2c1CCN(O)C2=O. The van der Waals surface area contributed by atoms with Gasteiger partial charge in [0.2, 0.25) is 0 Å². The summed E-state index contributed by atoms with van der Waals surface area (Å²) in [5, 5.41) is 10.3. The van der Waals surface area contributed by atoms with Crippen LogP contribution in [0.2, 0.25) is 0 Å². The highest BCUT2D eigenvalue weighted by atomic mass is 16.5. The molecule has 1 N–H and O–H groups in total. The third-order valence-electron chi connectivity index (χ3n) is 3.57. The summed E-state index contributed by atoms with van der Waals surface area (Å²) in [6.45, 7) is 6.54. The van der Waals surface area contributed by atoms with E-state index < -0.39 is 5.91 Å². The Kier molecular flexibility index (Phi) is 4.00. The number of hydroxylamine groups is 2. The van der Waals surface area contributed by atoms with Crippen LogP contribution in [0.3, 0.4) is 0 Å². The fourth-order valence-corrected chi connectivity index (χ4v) is 2.66. The van der Waals surface area contributed by atoms with Gasteiger partial charge >= 0.3 is 0 Å². The van der Waals surface area contributed by atoms with Crippen LogP contribution in [0.1, 0.15) is 53.9 Å². The highest BCUT2D eigenvalue weighted by Gasteiger charge is 2.28. The molecular weight excluding hydrogens is 240 g/mol. The average molecular weight is 260 g/mol. The largest absolute Gasteiger partial charge is 0.296 e. The highest BCUT2D eigenvalue weighted by molar-refractivity contribution is 5.95. The monoisotopic (exact) mass is 260 g/mol. The van der Waals surface area contributed by atoms with E-state index in [1.165, 1.54) is 5.57 Å². The van der Waals surface area contributed by atoms with Crippen molar-refractivity contribution in [1.29, 1.82) is 0 Å². The zero-order chi connectivity index (χ0) is 14.0. The number of hydrogen-bond acceptors (Lipinski definition) is 3. The maximum atomic E-state index is 11.9. The Morgan fingerprint density at radius 2 is 2.32 bits per heavy atom. The third kappa shape index (κ3) is 2.40. The van der Waals surface area contributed by atoms with Crippen LogP contribution < -0.4 is 0 Å². The Hall–Kier alpha value is -1.68. The minimum atomic E-state index is -0.394. The lowest BCUT2D eigenvalue weighted by molar-refractivity contribution is -0.0607. The molecule has 0 bridgehead atoms. The molecule has 4 heteroatoms. The van der Waals surface area contributed by atoms with Crippen LogP contribution in [0.15, 0.2) is 12.3 Å². The maximum Gasteiger partial charge on any atom is 0.296 e. The first-order valence-electron chi connectivity index (χ1n) is 6.74. The maximum absolute atomic E-state index is 11.9. The Morgan fingerprint density at radius 1 is 1.58 bits per heavy atom. The molecule has 19 heavy (non-hydrogen) atoms. The number of hydrogen-bond donors (Lipinski definition) is 1. The second kappa shape index (κ2) is 5.53. The number of fused-ring (bicyclic) bond motifs is 1. The lowest BCUT2D eigenvalue weighted by atomic mass is 9.89. The van der Waals surface area contributed by atoms with Crippen molar-refractivity contribution in [2.75, 3.05) is 6.54 Å². The summed E-state index contributed by atoms with van der Waals surface area (Å²) in [4.78, 5) is 16.2. The molecule has 0 fully saturated rings. The van der Waals surface area contributed by atoms with Gasteiger partial charge in [-0.3, -0.25) is 15.0 Å². The van der Waals surface area contributed by atoms with Gasteiger partial charge in [0.25, 0.3) is 5.91 Å². The van der Waals surface area contributed by atoms with E-state index in [2.05, 4.69) is 18.0 Å². The number of pyridine rings is 1. The van der Waals surface area contributed by atoms with Crippen molar-refractivity contribution in [1.82, 2.24) is 10.0 Å². The van der Waals surface area contributed by atoms with Crippen LogP contribution in [0.4, 0.5) is 0 Å². The molecule has 2 heterocycles. The first-order valence-corrected chi connectivity index (χ1v) is 6.74. The summed E-state index contributed by atoms with van der Waals surface area (Å²) in [5.74, 6) is -0.394. The third-order valence-corrected chi connectivity index (χ3v) is 3.57. The molecule has 0 atom stereocenters. The van der Waals surface area contributed by atoms with Crippen LogP contribution in [0.25, 0.3) is 5.57 Å². The number of nitrogens with zero attached hydrogens (tertiary/aromatic N) is 2. The molecular formula is C15H20N2O2. The summed E-state index contributed by atoms with van der Waals surface area (Å²) in [6, 6.07) is 0. The van der Waals surface area contributed by atoms with E-state index in [4.69, 9.17) is 0 Å². The number of aryl methyl sites for hydroxylation is 1. The molecule has 1 aromatic heterocycles. The number of aromatic nitrogens is 1. The molecule has 1 aromatic rings. The van der Waals surface area contributed by atoms with E-state index >= 15 is 0 Å². The average Bonchev–Trinajstić information content (AvgIpc) is 2.41. The Balaban J connectivity index is 2.59. The quantitative estimate of drug-likeness (QED) is 0.850. The van der Waals surface area contributed by atoms with E-state index in [1.807, 2.05) is 13.8 Å². The van der Waals surface area contributed by atoms with E-state index in [0.717, 1.165) is 34.6 Å². The molecule has 0 saturated heterocycles. The zero-order valence-corrected chi connectivity index (χ0v) is 11.7. The van der Waals surface area contributed by atoms with Crippen LogP contribution in [0.5, 0.6) is 0 Å². The summed E-state index contributed by atoms with van der Waals surface area (Å²) in [7, 11) is 0. The van der Waals surface area contributed by atoms with Gasteiger partial charge in [0, 0.05) is 6.20 Å². The molecule has 0 unspecified atom stereocenters. The van der Waals surface area contributed by atoms with Crippen molar-refractivity contribution in [2.45, 2.75) is 40.0 Å². The molecule has 1 amide bonds. The Labute approximate surface area is 113 Å². The van der Waals surface area contributed by atoms with Crippen molar-refractivity contribution in [2.24, 2.45) is 0 Å². The zero-order valence-electron chi connectivity index (χ0n) is 11.7. The van der Waals surface area contributed by atoms with Gasteiger partial charge in [0.1, 0.15) is 5.69 Å². The smallest absolute Gasteiger partial charge is 0.286 e. The van der Waals surface area contributed by atoms with Gasteiger partial charge in [-0.1, -0.05) is 19.4 Å². The fourth-order valence-electron chi connectivity index (χ4n) is 2.66. The van der Waals surface area contributed by atoms with Gasteiger partial charge in [-0.15, -0.1) is 0 Å². The molecule has 1 aliphatic heterocycles. The minimum Gasteiger partial charge on any atom is -0.286 e. The van der Waals surface area contributed by atoms with E-state index in [-0.39, 0.29) is 0 Å². The summed E-state index contributed by atoms with van der Waals surface area (Å²) in [6.07, 6.45) is 6.55. The first-order chi connectivity index (χ1) is 9.10. The number of carbonyl (C=O) groups excluding carboxylic acids is 1. The van der Waals surface area contributed by atoms with Gasteiger partial charge in [0.05, 0.1) is 6.54 Å². The first kappa shape index (κ1) is 13.7. The Bertz CT molecular complexity index is 535. The van der Waals surface area contributed by atoms with Crippen molar-refractivity contribution in [3.8, 4) is 0 Å². The molecule has 4 nitrogen and oxygen atoms in total. The predicted molar refractivity (Wildman–Crippen MR) is 74.1 cm³/mol. The fraction of sp³-hybridized carbons (Fsp3) is 0.467. The number of carbonyl (C=O) groups is 1. The van der Waals surface area contributed by atoms with Crippen LogP contribution in [-0.4, -0.2) is 27.7 Å². The van der Waals surface area contributed by atoms with Gasteiger partial charge < -0.3 is 0 Å². The highest BCUT2D eigenvalue weighted by Crippen LogP contribution is 2.30. The molecule has 1 aliphatic rings.